The van der Waals surface area contributed by atoms with Crippen LogP contribution in [0.25, 0.3) is 0 Å². The fraction of sp³-hybridized carbons (Fsp3) is 0.500. The number of nitrogens with one attached hydrogen (secondary N) is 1. The van der Waals surface area contributed by atoms with Gasteiger partial charge < -0.3 is 5.32 Å². The second-order valence-corrected chi connectivity index (χ2v) is 8.29. The number of amides is 3. The van der Waals surface area contributed by atoms with Gasteiger partial charge in [-0.25, -0.2) is 0 Å². The lowest BCUT2D eigenvalue weighted by Crippen LogP contribution is -2.40. The quantitative estimate of drug-likeness (QED) is 0.645. The van der Waals surface area contributed by atoms with Crippen molar-refractivity contribution in [3.63, 3.8) is 0 Å². The molecule has 140 valence electrons. The minimum Gasteiger partial charge on any atom is -0.326 e. The van der Waals surface area contributed by atoms with Crippen molar-refractivity contribution in [3.8, 4) is 0 Å². The first-order valence-electron chi connectivity index (χ1n) is 10.0. The molecule has 1 heterocycles. The molecule has 1 saturated heterocycles. The lowest BCUT2D eigenvalue weighted by atomic mass is 9.63. The lowest BCUT2D eigenvalue weighted by molar-refractivity contribution is -0.140. The number of aryl methyl sites for hydroxylation is 1. The van der Waals surface area contributed by atoms with E-state index in [0.717, 1.165) is 24.1 Å². The summed E-state index contributed by atoms with van der Waals surface area (Å²) in [5.74, 6) is 1.04. The Morgan fingerprint density at radius 3 is 2.33 bits per heavy atom. The number of carbonyl (C=O) groups excluding carboxylic acids is 3. The highest BCUT2D eigenvalue weighted by atomic mass is 16.2. The topological polar surface area (TPSA) is 66.5 Å². The molecule has 3 fully saturated rings. The first-order chi connectivity index (χ1) is 13.1. The molecule has 1 aromatic carbocycles. The summed E-state index contributed by atoms with van der Waals surface area (Å²) >= 11 is 0. The molecule has 0 radical (unpaired) electrons. The summed E-state index contributed by atoms with van der Waals surface area (Å²) in [4.78, 5) is 39.6. The summed E-state index contributed by atoms with van der Waals surface area (Å²) < 4.78 is 0. The van der Waals surface area contributed by atoms with Crippen LogP contribution in [0, 0.1) is 35.5 Å². The maximum Gasteiger partial charge on any atom is 0.233 e. The number of rotatable bonds is 5. The number of benzene rings is 1. The molecular weight excluding hydrogens is 340 g/mol. The molecule has 0 spiro atoms. The third-order valence-electron chi connectivity index (χ3n) is 6.99. The number of para-hydroxylation sites is 1. The van der Waals surface area contributed by atoms with Crippen molar-refractivity contribution in [2.75, 3.05) is 11.9 Å². The smallest absolute Gasteiger partial charge is 0.233 e. The standard InChI is InChI=1S/C22H24N2O3/c1-2-12-5-3-4-6-17(12)23-18(25)9-10-24-21(26)19-13-7-8-14(16-11-15(13)16)20(19)22(24)27/h3-8,13-16,19-20H,2,9-11H2,1H3,(H,23,25)/t13-,14-,15-,16+,19-,20+/m1/s1. The maximum atomic E-state index is 12.9. The molecule has 3 amide bonds. The van der Waals surface area contributed by atoms with Crippen LogP contribution in [0.3, 0.4) is 0 Å². The van der Waals surface area contributed by atoms with E-state index in [9.17, 15) is 14.4 Å². The first kappa shape index (κ1) is 16.7. The van der Waals surface area contributed by atoms with Gasteiger partial charge in [-0.15, -0.1) is 0 Å². The number of anilines is 1. The average Bonchev–Trinajstić information content (AvgIpc) is 3.46. The van der Waals surface area contributed by atoms with Gasteiger partial charge in [0.25, 0.3) is 0 Å². The third kappa shape index (κ3) is 2.47. The summed E-state index contributed by atoms with van der Waals surface area (Å²) in [6.45, 7) is 2.22. The Kier molecular flexibility index (Phi) is 3.74. The second kappa shape index (κ2) is 6.04. The van der Waals surface area contributed by atoms with Gasteiger partial charge in [0, 0.05) is 18.7 Å². The van der Waals surface area contributed by atoms with Gasteiger partial charge in [-0.2, -0.15) is 0 Å². The van der Waals surface area contributed by atoms with E-state index < -0.39 is 0 Å². The molecule has 6 rings (SSSR count). The van der Waals surface area contributed by atoms with Gasteiger partial charge in [-0.05, 0) is 48.1 Å². The third-order valence-corrected chi connectivity index (χ3v) is 6.99. The van der Waals surface area contributed by atoms with Crippen LogP contribution in [-0.2, 0) is 20.8 Å². The van der Waals surface area contributed by atoms with Crippen molar-refractivity contribution in [3.05, 3.63) is 42.0 Å². The molecule has 2 bridgehead atoms. The highest BCUT2D eigenvalue weighted by Crippen LogP contribution is 2.65. The number of allylic oxidation sites excluding steroid dienone is 2. The van der Waals surface area contributed by atoms with Crippen molar-refractivity contribution in [2.45, 2.75) is 26.2 Å². The highest BCUT2D eigenvalue weighted by Gasteiger charge is 2.66. The number of nitrogens with zero attached hydrogens (tertiary/aromatic N) is 1. The van der Waals surface area contributed by atoms with Gasteiger partial charge in [0.2, 0.25) is 17.7 Å². The van der Waals surface area contributed by atoms with Crippen molar-refractivity contribution in [1.82, 2.24) is 4.90 Å². The Balaban J connectivity index is 1.25. The molecule has 5 nitrogen and oxygen atoms in total. The number of likely N-dealkylation sites (tertiary alicyclic amines) is 1. The van der Waals surface area contributed by atoms with Gasteiger partial charge >= 0.3 is 0 Å². The number of hydrogen-bond acceptors (Lipinski definition) is 3. The van der Waals surface area contributed by atoms with Crippen LogP contribution in [0.4, 0.5) is 5.69 Å². The zero-order valence-corrected chi connectivity index (χ0v) is 15.4. The number of carbonyl (C=O) groups is 3. The fourth-order valence-electron chi connectivity index (χ4n) is 5.62. The van der Waals surface area contributed by atoms with Crippen molar-refractivity contribution in [1.29, 1.82) is 0 Å². The molecule has 6 atom stereocenters. The molecule has 2 saturated carbocycles. The summed E-state index contributed by atoms with van der Waals surface area (Å²) in [5, 5.41) is 2.92. The van der Waals surface area contributed by atoms with Crippen molar-refractivity contribution < 1.29 is 14.4 Å². The predicted octanol–water partition coefficient (Wildman–Crippen LogP) is 2.63. The molecule has 0 aromatic heterocycles. The molecule has 1 N–H and O–H groups in total. The first-order valence-corrected chi connectivity index (χ1v) is 10.0. The Bertz CT molecular complexity index is 825. The minimum atomic E-state index is -0.180. The Morgan fingerprint density at radius 2 is 1.70 bits per heavy atom. The monoisotopic (exact) mass is 364 g/mol. The van der Waals surface area contributed by atoms with E-state index in [2.05, 4.69) is 17.5 Å². The molecule has 5 aliphatic rings. The van der Waals surface area contributed by atoms with E-state index in [-0.39, 0.29) is 54.4 Å². The van der Waals surface area contributed by atoms with Gasteiger partial charge in [0.1, 0.15) is 0 Å². The summed E-state index contributed by atoms with van der Waals surface area (Å²) in [6.07, 6.45) is 6.48. The molecule has 5 heteroatoms. The molecule has 1 aromatic rings. The average molecular weight is 364 g/mol. The Morgan fingerprint density at radius 1 is 1.07 bits per heavy atom. The van der Waals surface area contributed by atoms with Gasteiger partial charge in [-0.1, -0.05) is 37.3 Å². The molecular formula is C22H24N2O3. The zero-order valence-electron chi connectivity index (χ0n) is 15.4. The SMILES string of the molecule is CCc1ccccc1NC(=O)CCN1C(=O)[C@@H]2[C@@H]3C=C[C@H]([C@@H]4C[C@H]34)[C@@H]2C1=O. The van der Waals surface area contributed by atoms with Crippen LogP contribution < -0.4 is 5.32 Å². The predicted molar refractivity (Wildman–Crippen MR) is 100 cm³/mol. The van der Waals surface area contributed by atoms with E-state index in [4.69, 9.17) is 0 Å². The Labute approximate surface area is 158 Å². The summed E-state index contributed by atoms with van der Waals surface area (Å²) in [5.41, 5.74) is 1.88. The number of imide groups is 1. The van der Waals surface area contributed by atoms with Crippen LogP contribution in [0.1, 0.15) is 25.3 Å². The van der Waals surface area contributed by atoms with Crippen molar-refractivity contribution in [2.24, 2.45) is 35.5 Å². The van der Waals surface area contributed by atoms with E-state index in [1.165, 1.54) is 4.90 Å². The van der Waals surface area contributed by atoms with Gasteiger partial charge in [-0.3, -0.25) is 19.3 Å². The van der Waals surface area contributed by atoms with Crippen molar-refractivity contribution >= 4 is 23.4 Å². The number of hydrogen-bond donors (Lipinski definition) is 1. The van der Waals surface area contributed by atoms with Crippen LogP contribution >= 0.6 is 0 Å². The maximum absolute atomic E-state index is 12.9. The molecule has 27 heavy (non-hydrogen) atoms. The molecule has 0 unspecified atom stereocenters. The largest absolute Gasteiger partial charge is 0.326 e. The minimum absolute atomic E-state index is 0.0588. The summed E-state index contributed by atoms with van der Waals surface area (Å²) in [7, 11) is 0. The van der Waals surface area contributed by atoms with Gasteiger partial charge in [0.15, 0.2) is 0 Å². The van der Waals surface area contributed by atoms with Crippen LogP contribution in [-0.4, -0.2) is 29.2 Å². The van der Waals surface area contributed by atoms with E-state index in [1.807, 2.05) is 31.2 Å². The van der Waals surface area contributed by atoms with Crippen LogP contribution in [0.15, 0.2) is 36.4 Å². The van der Waals surface area contributed by atoms with Crippen LogP contribution in [0.5, 0.6) is 0 Å². The van der Waals surface area contributed by atoms with Gasteiger partial charge in [0.05, 0.1) is 11.8 Å². The Hall–Kier alpha value is -2.43. The second-order valence-electron chi connectivity index (χ2n) is 8.29. The lowest BCUT2D eigenvalue weighted by Gasteiger charge is -2.37. The van der Waals surface area contributed by atoms with E-state index >= 15 is 0 Å². The van der Waals surface area contributed by atoms with E-state index in [1.54, 1.807) is 0 Å². The molecule has 1 aliphatic heterocycles. The zero-order chi connectivity index (χ0) is 18.7. The van der Waals surface area contributed by atoms with Crippen LogP contribution in [0.2, 0.25) is 0 Å². The fourth-order valence-corrected chi connectivity index (χ4v) is 5.62. The molecule has 4 aliphatic carbocycles. The highest BCUT2D eigenvalue weighted by molar-refractivity contribution is 6.06. The van der Waals surface area contributed by atoms with E-state index in [0.29, 0.717) is 11.8 Å². The summed E-state index contributed by atoms with van der Waals surface area (Å²) in [6, 6.07) is 7.71. The normalized spacial score (nSPS) is 35.2.